The van der Waals surface area contributed by atoms with Crippen LogP contribution >= 0.6 is 0 Å². The summed E-state index contributed by atoms with van der Waals surface area (Å²) in [4.78, 5) is 23.5. The Kier molecular flexibility index (Phi) is 11.7. The van der Waals surface area contributed by atoms with Crippen LogP contribution in [0.1, 0.15) is 34.4 Å². The first-order valence-corrected chi connectivity index (χ1v) is 21.3. The van der Waals surface area contributed by atoms with Crippen molar-refractivity contribution < 1.29 is 66.2 Å². The Morgan fingerprint density at radius 2 is 0.917 bits per heavy atom. The SMILES string of the molecule is Cc1nc2ccc(OC(F)(F)F)cc2c(-c2ccc(S(C)(=O)=O)cc2)c1C(CF)C(=O)C(CF)c1c(C)nc2ccc(OC(F)(F)F)cc2c1-c1ccc(S(C)(=O)=O)cc1. The van der Waals surface area contributed by atoms with Crippen molar-refractivity contribution in [3.63, 3.8) is 0 Å². The number of aryl methyl sites for hydroxylation is 2. The molecule has 0 aliphatic rings. The highest BCUT2D eigenvalue weighted by Crippen LogP contribution is 2.45. The molecule has 0 aliphatic heterocycles. The molecule has 4 aromatic carbocycles. The average Bonchev–Trinajstić information content (AvgIpc) is 3.14. The standard InChI is InChI=1S/C41H32F8N2O7S2/c1-21-35(37(23-5-11-27(12-6-23)59(3,53)54)29-17-25(57-40(44,45)46)9-15-33(29)50-21)31(19-42)39(52)32(20-43)36-22(2)51-34-16-10-26(58-41(47,48)49)18-30(34)38(36)24-7-13-28(14-8-24)60(4,55)56/h5-18,31-32H,19-20H2,1-4H3. The highest BCUT2D eigenvalue weighted by molar-refractivity contribution is 7.91. The molecule has 6 rings (SSSR count). The number of hydrogen-bond donors (Lipinski definition) is 0. The molecule has 19 heteroatoms. The maximum absolute atomic E-state index is 15.7. The van der Waals surface area contributed by atoms with Crippen molar-refractivity contribution in [1.29, 1.82) is 0 Å². The molecule has 0 fully saturated rings. The van der Waals surface area contributed by atoms with E-state index in [0.29, 0.717) is 0 Å². The Hall–Kier alpha value is -5.69. The quantitative estimate of drug-likeness (QED) is 0.110. The number of nitrogens with zero attached hydrogens (tertiary/aromatic N) is 2. The van der Waals surface area contributed by atoms with Crippen LogP contribution in [0.2, 0.25) is 0 Å². The number of aromatic nitrogens is 2. The molecule has 0 bridgehead atoms. The zero-order chi connectivity index (χ0) is 44.1. The molecule has 2 atom stereocenters. The lowest BCUT2D eigenvalue weighted by Gasteiger charge is -2.27. The Bertz CT molecular complexity index is 2670. The van der Waals surface area contributed by atoms with Crippen LogP contribution in [-0.2, 0) is 24.5 Å². The van der Waals surface area contributed by atoms with Crippen LogP contribution in [0.3, 0.4) is 0 Å². The predicted octanol–water partition coefficient (Wildman–Crippen LogP) is 9.71. The smallest absolute Gasteiger partial charge is 0.406 e. The Balaban J connectivity index is 1.63. The minimum absolute atomic E-state index is 0.00155. The number of ketones is 1. The molecule has 0 radical (unpaired) electrons. The molecule has 60 heavy (non-hydrogen) atoms. The fourth-order valence-corrected chi connectivity index (χ4v) is 8.46. The summed E-state index contributed by atoms with van der Waals surface area (Å²) in [5.74, 6) is -6.35. The second-order valence-corrected chi connectivity index (χ2v) is 17.9. The summed E-state index contributed by atoms with van der Waals surface area (Å²) in [6, 6.07) is 16.3. The molecule has 316 valence electrons. The Labute approximate surface area is 337 Å². The highest BCUT2D eigenvalue weighted by Gasteiger charge is 2.38. The number of alkyl halides is 8. The van der Waals surface area contributed by atoms with Gasteiger partial charge >= 0.3 is 12.7 Å². The molecule has 0 saturated carbocycles. The summed E-state index contributed by atoms with van der Waals surface area (Å²) in [5.41, 5.74) is -0.0662. The third-order valence-electron chi connectivity index (χ3n) is 9.67. The summed E-state index contributed by atoms with van der Waals surface area (Å²) in [6.07, 6.45) is -8.38. The fourth-order valence-electron chi connectivity index (χ4n) is 7.20. The van der Waals surface area contributed by atoms with Crippen LogP contribution in [-0.4, -0.2) is 71.2 Å². The summed E-state index contributed by atoms with van der Waals surface area (Å²) < 4.78 is 169. The molecule has 2 heterocycles. The van der Waals surface area contributed by atoms with E-state index in [1.165, 1.54) is 74.5 Å². The van der Waals surface area contributed by atoms with Gasteiger partial charge in [0.1, 0.15) is 24.8 Å². The van der Waals surface area contributed by atoms with Crippen LogP contribution < -0.4 is 9.47 Å². The van der Waals surface area contributed by atoms with Crippen molar-refractivity contribution in [3.05, 3.63) is 107 Å². The molecule has 0 amide bonds. The van der Waals surface area contributed by atoms with Crippen LogP contribution in [0, 0.1) is 13.8 Å². The monoisotopic (exact) mass is 880 g/mol. The third-order valence-corrected chi connectivity index (χ3v) is 11.9. The van der Waals surface area contributed by atoms with Crippen LogP contribution in [0.15, 0.2) is 94.7 Å². The molecule has 0 saturated heterocycles. The molecule has 6 aromatic rings. The topological polar surface area (TPSA) is 130 Å². The average molecular weight is 881 g/mol. The molecule has 0 N–H and O–H groups in total. The van der Waals surface area contributed by atoms with Gasteiger partial charge in [-0.2, -0.15) is 0 Å². The van der Waals surface area contributed by atoms with Gasteiger partial charge in [-0.05, 0) is 108 Å². The first-order valence-electron chi connectivity index (χ1n) is 17.6. The van der Waals surface area contributed by atoms with Crippen molar-refractivity contribution in [2.45, 2.75) is 48.2 Å². The zero-order valence-corrected chi connectivity index (χ0v) is 33.4. The van der Waals surface area contributed by atoms with Gasteiger partial charge in [0.2, 0.25) is 0 Å². The molecule has 2 unspecified atom stereocenters. The first-order chi connectivity index (χ1) is 27.9. The number of rotatable bonds is 12. The van der Waals surface area contributed by atoms with E-state index in [1.54, 1.807) is 0 Å². The number of ether oxygens (including phenoxy) is 2. The summed E-state index contributed by atoms with van der Waals surface area (Å²) in [5, 5.41) is -0.139. The number of carbonyl (C=O) groups is 1. The molecule has 0 aliphatic carbocycles. The summed E-state index contributed by atoms with van der Waals surface area (Å²) in [6.45, 7) is -0.246. The van der Waals surface area contributed by atoms with E-state index in [2.05, 4.69) is 19.4 Å². The van der Waals surface area contributed by atoms with E-state index in [1.807, 2.05) is 0 Å². The second kappa shape index (κ2) is 16.1. The van der Waals surface area contributed by atoms with Crippen molar-refractivity contribution in [2.75, 3.05) is 25.9 Å². The van der Waals surface area contributed by atoms with Crippen molar-refractivity contribution >= 4 is 47.3 Å². The van der Waals surface area contributed by atoms with Crippen molar-refractivity contribution in [1.82, 2.24) is 9.97 Å². The number of benzene rings is 4. The predicted molar refractivity (Wildman–Crippen MR) is 206 cm³/mol. The van der Waals surface area contributed by atoms with Gasteiger partial charge in [0.15, 0.2) is 25.5 Å². The number of Topliss-reactive ketones (excluding diaryl/α,β-unsaturated/α-hetero) is 1. The molecular formula is C41H32F8N2O7S2. The van der Waals surface area contributed by atoms with Gasteiger partial charge in [-0.3, -0.25) is 14.8 Å². The number of pyridine rings is 2. The summed E-state index contributed by atoms with van der Waals surface area (Å²) in [7, 11) is -7.50. The van der Waals surface area contributed by atoms with Crippen molar-refractivity contribution in [3.8, 4) is 33.8 Å². The molecular weight excluding hydrogens is 849 g/mol. The highest BCUT2D eigenvalue weighted by atomic mass is 32.2. The van der Waals surface area contributed by atoms with Crippen LogP contribution in [0.25, 0.3) is 44.1 Å². The largest absolute Gasteiger partial charge is 0.573 e. The minimum atomic E-state index is -5.13. The lowest BCUT2D eigenvalue weighted by Crippen LogP contribution is -2.27. The van der Waals surface area contributed by atoms with Gasteiger partial charge in [-0.25, -0.2) is 25.6 Å². The van der Waals surface area contributed by atoms with E-state index >= 15 is 8.78 Å². The Morgan fingerprint density at radius 1 is 0.583 bits per heavy atom. The van der Waals surface area contributed by atoms with Gasteiger partial charge in [-0.1, -0.05) is 24.3 Å². The summed E-state index contributed by atoms with van der Waals surface area (Å²) >= 11 is 0. The number of fused-ring (bicyclic) bond motifs is 2. The van der Waals surface area contributed by atoms with Gasteiger partial charge in [0.25, 0.3) is 0 Å². The minimum Gasteiger partial charge on any atom is -0.406 e. The van der Waals surface area contributed by atoms with Crippen LogP contribution in [0.5, 0.6) is 11.5 Å². The van der Waals surface area contributed by atoms with E-state index < -0.39 is 74.9 Å². The van der Waals surface area contributed by atoms with Gasteiger partial charge in [-0.15, -0.1) is 26.3 Å². The molecule has 0 spiro atoms. The molecule has 2 aromatic heterocycles. The normalized spacial score (nSPS) is 13.7. The third kappa shape index (κ3) is 9.21. The van der Waals surface area contributed by atoms with E-state index in [0.717, 1.165) is 36.8 Å². The van der Waals surface area contributed by atoms with Gasteiger partial charge in [0, 0.05) is 34.7 Å². The number of sulfone groups is 2. The van der Waals surface area contributed by atoms with E-state index in [-0.39, 0.29) is 76.4 Å². The number of halogens is 8. The first kappa shape index (κ1) is 43.9. The maximum atomic E-state index is 15.7. The van der Waals surface area contributed by atoms with Gasteiger partial charge < -0.3 is 9.47 Å². The fraction of sp³-hybridized carbons (Fsp3) is 0.244. The Morgan fingerprint density at radius 3 is 1.20 bits per heavy atom. The second-order valence-electron chi connectivity index (χ2n) is 13.8. The number of hydrogen-bond acceptors (Lipinski definition) is 9. The zero-order valence-electron chi connectivity index (χ0n) is 31.7. The van der Waals surface area contributed by atoms with E-state index in [9.17, 15) is 48.0 Å². The van der Waals surface area contributed by atoms with Gasteiger partial charge in [0.05, 0.1) is 32.7 Å². The molecule has 9 nitrogen and oxygen atoms in total. The van der Waals surface area contributed by atoms with Crippen molar-refractivity contribution in [2.24, 2.45) is 0 Å². The van der Waals surface area contributed by atoms with E-state index in [4.69, 9.17) is 0 Å². The lowest BCUT2D eigenvalue weighted by atomic mass is 9.78. The van der Waals surface area contributed by atoms with Crippen LogP contribution in [0.4, 0.5) is 35.1 Å². The number of carbonyl (C=O) groups excluding carboxylic acids is 1. The lowest BCUT2D eigenvalue weighted by molar-refractivity contribution is -0.275. The maximum Gasteiger partial charge on any atom is 0.573 e.